The topological polar surface area (TPSA) is 109 Å². The number of aryl methyl sites for hydroxylation is 2. The van der Waals surface area contributed by atoms with Crippen molar-refractivity contribution >= 4 is 50.1 Å². The maximum atomic E-state index is 12.5. The third kappa shape index (κ3) is 3.85. The van der Waals surface area contributed by atoms with E-state index in [4.69, 9.17) is 11.6 Å². The molecule has 0 saturated heterocycles. The van der Waals surface area contributed by atoms with Crippen LogP contribution in [0.4, 0.5) is 15.6 Å². The molecule has 3 N–H and O–H groups in total. The molecule has 4 aromatic rings. The minimum atomic E-state index is -0.599. The van der Waals surface area contributed by atoms with Crippen LogP contribution in [0.25, 0.3) is 16.0 Å². The minimum Gasteiger partial charge on any atom is -0.308 e. The molecule has 4 rings (SSSR count). The number of carbonyl (C=O) groups excluding carboxylic acids is 1. The number of nitrogens with one attached hydrogen (secondary N) is 3. The number of benzene rings is 2. The van der Waals surface area contributed by atoms with Gasteiger partial charge >= 0.3 is 11.7 Å². The Kier molecular flexibility index (Phi) is 5.15. The zero-order valence-electron chi connectivity index (χ0n) is 15.9. The summed E-state index contributed by atoms with van der Waals surface area (Å²) in [5, 5.41) is 5.98. The number of H-pyrrole nitrogens is 1. The summed E-state index contributed by atoms with van der Waals surface area (Å²) >= 11 is 6.82. The fourth-order valence-electron chi connectivity index (χ4n) is 2.87. The molecule has 8 nitrogen and oxygen atoms in total. The first-order valence-electron chi connectivity index (χ1n) is 8.89. The van der Waals surface area contributed by atoms with Crippen molar-refractivity contribution in [2.24, 2.45) is 0 Å². The number of aromatic amines is 1. The second-order valence-electron chi connectivity index (χ2n) is 6.62. The van der Waals surface area contributed by atoms with Gasteiger partial charge in [-0.2, -0.15) is 0 Å². The fraction of sp³-hybridized carbons (Fsp3) is 0.100. The highest BCUT2D eigenvalue weighted by Crippen LogP contribution is 2.24. The fourth-order valence-corrected chi connectivity index (χ4v) is 3.84. The van der Waals surface area contributed by atoms with E-state index in [9.17, 15) is 14.4 Å². The van der Waals surface area contributed by atoms with Crippen molar-refractivity contribution in [1.29, 1.82) is 0 Å². The van der Waals surface area contributed by atoms with Crippen LogP contribution in [0.1, 0.15) is 11.1 Å². The Labute approximate surface area is 179 Å². The second-order valence-corrected chi connectivity index (χ2v) is 8.06. The number of hydrogen-bond donors (Lipinski definition) is 3. The molecule has 0 radical (unpaired) electrons. The van der Waals surface area contributed by atoms with Gasteiger partial charge in [0.05, 0.1) is 5.69 Å². The Morgan fingerprint density at radius 2 is 1.80 bits per heavy atom. The molecule has 0 bridgehead atoms. The molecule has 2 aromatic carbocycles. The number of hydrogen-bond acceptors (Lipinski definition) is 5. The van der Waals surface area contributed by atoms with Crippen LogP contribution >= 0.6 is 22.9 Å². The molecule has 2 amide bonds. The van der Waals surface area contributed by atoms with Crippen molar-refractivity contribution in [3.63, 3.8) is 0 Å². The van der Waals surface area contributed by atoms with Crippen molar-refractivity contribution in [3.8, 4) is 5.69 Å². The zero-order chi connectivity index (χ0) is 21.4. The van der Waals surface area contributed by atoms with Crippen LogP contribution in [0.2, 0.25) is 5.02 Å². The van der Waals surface area contributed by atoms with Gasteiger partial charge in [-0.3, -0.25) is 15.1 Å². The number of amides is 2. The molecule has 2 heterocycles. The van der Waals surface area contributed by atoms with E-state index < -0.39 is 17.3 Å². The average Bonchev–Trinajstić information content (AvgIpc) is 3.10. The molecular weight excluding hydrogens is 426 g/mol. The average molecular weight is 442 g/mol. The van der Waals surface area contributed by atoms with Gasteiger partial charge in [0.2, 0.25) is 0 Å². The number of carbonyl (C=O) groups is 1. The van der Waals surface area contributed by atoms with Crippen LogP contribution in [0.3, 0.4) is 0 Å². The highest BCUT2D eigenvalue weighted by atomic mass is 35.5. The lowest BCUT2D eigenvalue weighted by Gasteiger charge is -2.08. The SMILES string of the molecule is Cc1ccc(-n2c(=O)[nH]c(=O)c3sc(NC(=O)Nc4ccc(Cl)cc4)nc32)cc1C. The molecule has 0 aliphatic heterocycles. The van der Waals surface area contributed by atoms with Crippen molar-refractivity contribution in [1.82, 2.24) is 14.5 Å². The maximum absolute atomic E-state index is 12.5. The van der Waals surface area contributed by atoms with E-state index in [0.717, 1.165) is 22.5 Å². The molecule has 0 aliphatic rings. The smallest absolute Gasteiger partial charge is 0.308 e. The quantitative estimate of drug-likeness (QED) is 0.445. The Bertz CT molecular complexity index is 1390. The third-order valence-corrected chi connectivity index (χ3v) is 5.73. The molecule has 30 heavy (non-hydrogen) atoms. The van der Waals surface area contributed by atoms with Gasteiger partial charge in [-0.15, -0.1) is 0 Å². The predicted molar refractivity (Wildman–Crippen MR) is 119 cm³/mol. The maximum Gasteiger partial charge on any atom is 0.334 e. The van der Waals surface area contributed by atoms with Crippen molar-refractivity contribution in [3.05, 3.63) is 79.5 Å². The molecule has 0 unspecified atom stereocenters. The van der Waals surface area contributed by atoms with Crippen molar-refractivity contribution < 1.29 is 4.79 Å². The number of thiazole rings is 1. The Morgan fingerprint density at radius 1 is 1.07 bits per heavy atom. The Balaban J connectivity index is 1.71. The number of urea groups is 1. The van der Waals surface area contributed by atoms with Crippen molar-refractivity contribution in [2.45, 2.75) is 13.8 Å². The molecule has 0 atom stereocenters. The van der Waals surface area contributed by atoms with Crippen LogP contribution in [0.15, 0.2) is 52.1 Å². The van der Waals surface area contributed by atoms with Crippen LogP contribution in [-0.2, 0) is 0 Å². The summed E-state index contributed by atoms with van der Waals surface area (Å²) in [5.74, 6) is 0. The van der Waals surface area contributed by atoms with E-state index in [0.29, 0.717) is 16.4 Å². The number of halogens is 1. The van der Waals surface area contributed by atoms with Crippen LogP contribution in [0, 0.1) is 13.8 Å². The van der Waals surface area contributed by atoms with Crippen LogP contribution in [-0.4, -0.2) is 20.6 Å². The largest absolute Gasteiger partial charge is 0.334 e. The normalized spacial score (nSPS) is 10.9. The van der Waals surface area contributed by atoms with E-state index in [1.165, 1.54) is 4.57 Å². The van der Waals surface area contributed by atoms with Crippen LogP contribution < -0.4 is 21.9 Å². The molecular formula is C20H16ClN5O3S. The lowest BCUT2D eigenvalue weighted by atomic mass is 10.1. The summed E-state index contributed by atoms with van der Waals surface area (Å²) in [7, 11) is 0. The third-order valence-electron chi connectivity index (χ3n) is 4.52. The summed E-state index contributed by atoms with van der Waals surface area (Å²) in [6, 6.07) is 11.6. The van der Waals surface area contributed by atoms with Gasteiger partial charge in [0.1, 0.15) is 4.70 Å². The predicted octanol–water partition coefficient (Wildman–Crippen LogP) is 4.05. The second kappa shape index (κ2) is 7.77. The first-order valence-corrected chi connectivity index (χ1v) is 10.1. The summed E-state index contributed by atoms with van der Waals surface area (Å²) in [4.78, 5) is 43.7. The standard InChI is InChI=1S/C20H16ClN5O3S/c1-10-3-8-14(9-11(10)2)26-16-15(17(27)24-20(26)29)30-19(23-16)25-18(28)22-13-6-4-12(21)5-7-13/h3-9H,1-2H3,(H,24,27,29)(H2,22,23,25,28). The summed E-state index contributed by atoms with van der Waals surface area (Å²) in [6.45, 7) is 3.90. The summed E-state index contributed by atoms with van der Waals surface area (Å²) < 4.78 is 1.55. The molecule has 0 spiro atoms. The van der Waals surface area contributed by atoms with Gasteiger partial charge < -0.3 is 5.32 Å². The molecule has 0 aliphatic carbocycles. The molecule has 0 saturated carbocycles. The number of rotatable bonds is 3. The lowest BCUT2D eigenvalue weighted by Crippen LogP contribution is -2.28. The van der Waals surface area contributed by atoms with Gasteiger partial charge in [0, 0.05) is 10.7 Å². The first kappa shape index (κ1) is 19.9. The Hall–Kier alpha value is -3.43. The highest BCUT2D eigenvalue weighted by molar-refractivity contribution is 7.22. The molecule has 10 heteroatoms. The first-order chi connectivity index (χ1) is 14.3. The molecule has 2 aromatic heterocycles. The van der Waals surface area contributed by atoms with Crippen LogP contribution in [0.5, 0.6) is 0 Å². The molecule has 0 fully saturated rings. The van der Waals surface area contributed by atoms with Gasteiger partial charge in [-0.25, -0.2) is 19.1 Å². The van der Waals surface area contributed by atoms with Gasteiger partial charge in [-0.1, -0.05) is 29.0 Å². The van der Waals surface area contributed by atoms with Crippen molar-refractivity contribution in [2.75, 3.05) is 10.6 Å². The van der Waals surface area contributed by atoms with Gasteiger partial charge in [0.25, 0.3) is 5.56 Å². The van der Waals surface area contributed by atoms with E-state index in [2.05, 4.69) is 20.6 Å². The van der Waals surface area contributed by atoms with E-state index in [-0.39, 0.29) is 15.5 Å². The van der Waals surface area contributed by atoms with E-state index in [1.807, 2.05) is 26.0 Å². The Morgan fingerprint density at radius 3 is 2.50 bits per heavy atom. The number of anilines is 2. The highest BCUT2D eigenvalue weighted by Gasteiger charge is 2.16. The molecule has 152 valence electrons. The number of fused-ring (bicyclic) bond motifs is 1. The zero-order valence-corrected chi connectivity index (χ0v) is 17.5. The number of nitrogens with zero attached hydrogens (tertiary/aromatic N) is 2. The van der Waals surface area contributed by atoms with Gasteiger partial charge in [-0.05, 0) is 61.4 Å². The monoisotopic (exact) mass is 441 g/mol. The number of aromatic nitrogens is 3. The summed E-state index contributed by atoms with van der Waals surface area (Å²) in [5.41, 5.74) is 2.21. The lowest BCUT2D eigenvalue weighted by molar-refractivity contribution is 0.262. The minimum absolute atomic E-state index is 0.179. The van der Waals surface area contributed by atoms with E-state index >= 15 is 0 Å². The summed E-state index contributed by atoms with van der Waals surface area (Å²) in [6.07, 6.45) is 0. The van der Waals surface area contributed by atoms with E-state index in [1.54, 1.807) is 30.3 Å². The van der Waals surface area contributed by atoms with Gasteiger partial charge in [0.15, 0.2) is 10.8 Å².